The third-order valence-corrected chi connectivity index (χ3v) is 12.1. The molecule has 2 N–H and O–H groups in total. The minimum atomic E-state index is 0.180. The van der Waals surface area contributed by atoms with Gasteiger partial charge in [0.05, 0.1) is 0 Å². The van der Waals surface area contributed by atoms with Crippen LogP contribution in [0.25, 0.3) is 34.8 Å². The number of rotatable bonds is 5. The van der Waals surface area contributed by atoms with E-state index in [0.717, 1.165) is 85.4 Å². The van der Waals surface area contributed by atoms with Gasteiger partial charge >= 0.3 is 0 Å². The van der Waals surface area contributed by atoms with Crippen LogP contribution in [0.5, 0.6) is 0 Å². The summed E-state index contributed by atoms with van der Waals surface area (Å²) in [5.74, 6) is 5.84. The van der Waals surface area contributed by atoms with Crippen LogP contribution in [0.1, 0.15) is 77.7 Å². The molecule has 2 aromatic heterocycles. The van der Waals surface area contributed by atoms with E-state index in [1.165, 1.54) is 44.3 Å². The lowest BCUT2D eigenvalue weighted by molar-refractivity contribution is 0.427. The highest BCUT2D eigenvalue weighted by Crippen LogP contribution is 2.48. The van der Waals surface area contributed by atoms with Gasteiger partial charge in [0.2, 0.25) is 0 Å². The van der Waals surface area contributed by atoms with E-state index in [1.54, 1.807) is 0 Å². The molecule has 0 bridgehead atoms. The highest BCUT2D eigenvalue weighted by atomic mass is 16.3. The maximum Gasteiger partial charge on any atom is 0.156 e. The number of aryl methyl sites for hydroxylation is 2. The number of fused-ring (bicyclic) bond motifs is 8. The molecule has 2 aromatic carbocycles. The molecule has 53 heavy (non-hydrogen) atoms. The van der Waals surface area contributed by atoms with Gasteiger partial charge in [0.25, 0.3) is 0 Å². The quantitative estimate of drug-likeness (QED) is 0.167. The third-order valence-electron chi connectivity index (χ3n) is 12.1. The number of nitrogens with two attached hydrogens (primary N) is 1. The van der Waals surface area contributed by atoms with Gasteiger partial charge in [-0.1, -0.05) is 98.0 Å². The molecule has 0 saturated heterocycles. The molecular formula is C48H45N3O2. The predicted octanol–water partition coefficient (Wildman–Crippen LogP) is 10.7. The molecular weight excluding hydrogens is 651 g/mol. The van der Waals surface area contributed by atoms with E-state index in [4.69, 9.17) is 24.6 Å². The van der Waals surface area contributed by atoms with Gasteiger partial charge < -0.3 is 14.6 Å². The van der Waals surface area contributed by atoms with Crippen LogP contribution in [0.3, 0.4) is 0 Å². The van der Waals surface area contributed by atoms with Crippen LogP contribution in [-0.2, 0) is 25.7 Å². The SMILES string of the molecule is CC1C=Cc2c(oc3c2C=CC(CN=C(N=C(N)C2=Cc4ccccc4CC2)C2=CC(C4=CCCc5oc6ccccc6c54)C4CCC=CC4=C2)C3)C1. The summed E-state index contributed by atoms with van der Waals surface area (Å²) in [5.41, 5.74) is 19.1. The molecule has 4 unspecified atom stereocenters. The maximum atomic E-state index is 6.95. The van der Waals surface area contributed by atoms with Gasteiger partial charge in [-0.15, -0.1) is 0 Å². The van der Waals surface area contributed by atoms with Crippen LogP contribution >= 0.6 is 0 Å². The summed E-state index contributed by atoms with van der Waals surface area (Å²) < 4.78 is 12.9. The summed E-state index contributed by atoms with van der Waals surface area (Å²) in [6.07, 6.45) is 30.9. The van der Waals surface area contributed by atoms with E-state index in [2.05, 4.69) is 116 Å². The summed E-state index contributed by atoms with van der Waals surface area (Å²) in [4.78, 5) is 10.6. The molecule has 0 fully saturated rings. The molecule has 0 saturated carbocycles. The summed E-state index contributed by atoms with van der Waals surface area (Å²) >= 11 is 0. The lowest BCUT2D eigenvalue weighted by atomic mass is 9.69. The van der Waals surface area contributed by atoms with E-state index in [0.29, 0.717) is 30.1 Å². The highest BCUT2D eigenvalue weighted by molar-refractivity contribution is 6.13. The Balaban J connectivity index is 1.04. The fourth-order valence-corrected chi connectivity index (χ4v) is 9.39. The number of para-hydroxylation sites is 1. The number of benzene rings is 2. The topological polar surface area (TPSA) is 77.0 Å². The van der Waals surface area contributed by atoms with Gasteiger partial charge in [-0.2, -0.15) is 0 Å². The second-order valence-corrected chi connectivity index (χ2v) is 15.6. The Morgan fingerprint density at radius 3 is 2.64 bits per heavy atom. The number of hydrogen-bond acceptors (Lipinski definition) is 3. The summed E-state index contributed by atoms with van der Waals surface area (Å²) in [6.45, 7) is 2.85. The first kappa shape index (κ1) is 32.2. The number of amidine groups is 2. The molecule has 5 heteroatoms. The van der Waals surface area contributed by atoms with E-state index in [9.17, 15) is 0 Å². The van der Waals surface area contributed by atoms with Crippen molar-refractivity contribution in [1.82, 2.24) is 0 Å². The minimum Gasteiger partial charge on any atom is -0.465 e. The fraction of sp³-hybridized carbons (Fsp3) is 0.292. The Bertz CT molecular complexity index is 2430. The molecule has 2 heterocycles. The Morgan fingerprint density at radius 1 is 0.849 bits per heavy atom. The zero-order chi connectivity index (χ0) is 35.5. The molecule has 10 rings (SSSR count). The Morgan fingerprint density at radius 2 is 1.70 bits per heavy atom. The molecule has 4 atom stereocenters. The van der Waals surface area contributed by atoms with E-state index in [-0.39, 0.29) is 11.8 Å². The normalized spacial score (nSPS) is 24.7. The molecule has 6 aliphatic rings. The first-order valence-corrected chi connectivity index (χ1v) is 19.6. The van der Waals surface area contributed by atoms with E-state index < -0.39 is 0 Å². The number of nitrogens with zero attached hydrogens (tertiary/aromatic N) is 2. The largest absolute Gasteiger partial charge is 0.465 e. The fourth-order valence-electron chi connectivity index (χ4n) is 9.39. The van der Waals surface area contributed by atoms with Gasteiger partial charge in [-0.25, -0.2) is 4.99 Å². The van der Waals surface area contributed by atoms with Gasteiger partial charge in [0, 0.05) is 65.3 Å². The summed E-state index contributed by atoms with van der Waals surface area (Å²) in [6, 6.07) is 17.1. The van der Waals surface area contributed by atoms with Crippen molar-refractivity contribution in [2.24, 2.45) is 39.4 Å². The lowest BCUT2D eigenvalue weighted by Gasteiger charge is -2.35. The van der Waals surface area contributed by atoms with Crippen LogP contribution in [-0.4, -0.2) is 18.2 Å². The zero-order valence-electron chi connectivity index (χ0n) is 30.4. The van der Waals surface area contributed by atoms with Crippen LogP contribution in [0, 0.1) is 23.7 Å². The van der Waals surface area contributed by atoms with Gasteiger partial charge in [-0.3, -0.25) is 4.99 Å². The van der Waals surface area contributed by atoms with Gasteiger partial charge in [0.1, 0.15) is 28.7 Å². The van der Waals surface area contributed by atoms with E-state index >= 15 is 0 Å². The van der Waals surface area contributed by atoms with Crippen LogP contribution in [0.2, 0.25) is 0 Å². The predicted molar refractivity (Wildman–Crippen MR) is 218 cm³/mol. The van der Waals surface area contributed by atoms with Crippen LogP contribution in [0.4, 0.5) is 0 Å². The molecule has 0 spiro atoms. The van der Waals surface area contributed by atoms with Crippen molar-refractivity contribution in [2.45, 2.75) is 58.3 Å². The standard InChI is InChI=1S/C48H45N3O2/c1-29-17-21-37-38-22-18-30(24-45(38)53-44(37)23-29)28-50-48(51-47(49)34-20-19-31-9-2-3-10-32(31)25-34)35-26-33-11-4-5-12-36(33)41(27-35)39-14-8-16-43-46(39)40-13-6-7-15-42(40)52-43/h2-4,6-7,9-11,13-15,17-18,21-22,25-27,29-30,36,41H,5,8,12,16,19-20,23-24,28H2,1H3,(H2,49,50,51). The molecule has 5 nitrogen and oxygen atoms in total. The second kappa shape index (κ2) is 13.2. The number of allylic oxidation sites excluding steroid dienone is 7. The van der Waals surface area contributed by atoms with Crippen LogP contribution in [0.15, 0.2) is 127 Å². The minimum absolute atomic E-state index is 0.180. The molecule has 0 radical (unpaired) electrons. The molecule has 6 aliphatic carbocycles. The van der Waals surface area contributed by atoms with E-state index in [1.807, 2.05) is 0 Å². The monoisotopic (exact) mass is 695 g/mol. The summed E-state index contributed by atoms with van der Waals surface area (Å²) in [7, 11) is 0. The van der Waals surface area contributed by atoms with Gasteiger partial charge in [-0.05, 0) is 90.0 Å². The van der Waals surface area contributed by atoms with Gasteiger partial charge in [0.15, 0.2) is 5.84 Å². The first-order valence-electron chi connectivity index (χ1n) is 19.6. The van der Waals surface area contributed by atoms with Crippen molar-refractivity contribution >= 4 is 46.4 Å². The molecule has 0 amide bonds. The zero-order valence-corrected chi connectivity index (χ0v) is 30.4. The molecule has 4 aromatic rings. The van der Waals surface area contributed by atoms with Crippen LogP contribution < -0.4 is 5.73 Å². The lowest BCUT2D eigenvalue weighted by Crippen LogP contribution is -2.25. The Hall–Kier alpha value is -5.42. The van der Waals surface area contributed by atoms with Crippen molar-refractivity contribution < 1.29 is 8.83 Å². The van der Waals surface area contributed by atoms with Crippen molar-refractivity contribution in [2.75, 3.05) is 6.54 Å². The van der Waals surface area contributed by atoms with Crippen molar-refractivity contribution in [1.29, 1.82) is 0 Å². The number of furan rings is 2. The maximum absolute atomic E-state index is 6.95. The second-order valence-electron chi connectivity index (χ2n) is 15.6. The molecule has 0 aliphatic heterocycles. The molecule has 264 valence electrons. The highest BCUT2D eigenvalue weighted by Gasteiger charge is 2.35. The van der Waals surface area contributed by atoms with Crippen molar-refractivity contribution in [3.63, 3.8) is 0 Å². The summed E-state index contributed by atoms with van der Waals surface area (Å²) in [5, 5.41) is 1.21. The first-order chi connectivity index (χ1) is 26.1. The number of hydrogen-bond donors (Lipinski definition) is 1. The average Bonchev–Trinajstić information content (AvgIpc) is 3.76. The number of aliphatic imine (C=N–C) groups is 2. The third kappa shape index (κ3) is 5.87. The van der Waals surface area contributed by atoms with Crippen molar-refractivity contribution in [3.8, 4) is 0 Å². The smallest absolute Gasteiger partial charge is 0.156 e. The average molecular weight is 696 g/mol. The van der Waals surface area contributed by atoms with Crippen molar-refractivity contribution in [3.05, 3.63) is 153 Å². The Kier molecular flexibility index (Phi) is 8.04. The Labute approximate surface area is 311 Å².